The van der Waals surface area contributed by atoms with Crippen LogP contribution in [-0.2, 0) is 0 Å². The van der Waals surface area contributed by atoms with Gasteiger partial charge in [-0.25, -0.2) is 0 Å². The van der Waals surface area contributed by atoms with Crippen molar-refractivity contribution < 1.29 is 18.3 Å². The van der Waals surface area contributed by atoms with Crippen LogP contribution in [-0.4, -0.2) is 22.8 Å². The quantitative estimate of drug-likeness (QED) is 0.888. The molecule has 0 amide bonds. The third-order valence-electron chi connectivity index (χ3n) is 2.53. The number of benzene rings is 1. The number of nitrogens with zero attached hydrogens (tertiary/aromatic N) is 2. The molecule has 0 bridgehead atoms. The Bertz CT molecular complexity index is 552. The molecule has 1 heterocycles. The highest BCUT2D eigenvalue weighted by atomic mass is 32.1. The van der Waals surface area contributed by atoms with Crippen LogP contribution in [0.25, 0.3) is 0 Å². The van der Waals surface area contributed by atoms with E-state index in [4.69, 9.17) is 10.5 Å². The molecular formula is C12H13F2N3O2S. The Morgan fingerprint density at radius 3 is 2.75 bits per heavy atom. The molecule has 0 saturated heterocycles. The number of nitrogens with two attached hydrogens (primary N) is 1. The summed E-state index contributed by atoms with van der Waals surface area (Å²) in [6.07, 6.45) is 1.57. The van der Waals surface area contributed by atoms with Gasteiger partial charge in [-0.2, -0.15) is 8.78 Å². The van der Waals surface area contributed by atoms with Crippen LogP contribution in [0.15, 0.2) is 24.4 Å². The number of hydrogen-bond acceptors (Lipinski definition) is 6. The second kappa shape index (κ2) is 6.58. The van der Waals surface area contributed by atoms with Crippen molar-refractivity contribution in [1.82, 2.24) is 9.59 Å². The molecule has 2 aromatic rings. The van der Waals surface area contributed by atoms with E-state index in [2.05, 4.69) is 14.3 Å². The fourth-order valence-electron chi connectivity index (χ4n) is 1.66. The van der Waals surface area contributed by atoms with Gasteiger partial charge in [0.15, 0.2) is 11.5 Å². The van der Waals surface area contributed by atoms with Crippen LogP contribution < -0.4 is 15.2 Å². The number of hydrogen-bond donors (Lipinski definition) is 1. The second-order valence-electron chi connectivity index (χ2n) is 3.82. The van der Waals surface area contributed by atoms with Crippen LogP contribution in [0.1, 0.15) is 23.4 Å². The highest BCUT2D eigenvalue weighted by Gasteiger charge is 2.16. The average molecular weight is 301 g/mol. The van der Waals surface area contributed by atoms with Crippen molar-refractivity contribution in [1.29, 1.82) is 0 Å². The molecule has 1 aromatic carbocycles. The minimum Gasteiger partial charge on any atom is -0.490 e. The van der Waals surface area contributed by atoms with Gasteiger partial charge in [-0.15, -0.1) is 5.10 Å². The first kappa shape index (κ1) is 14.6. The van der Waals surface area contributed by atoms with Gasteiger partial charge in [-0.3, -0.25) is 0 Å². The molecular weight excluding hydrogens is 288 g/mol. The van der Waals surface area contributed by atoms with Crippen LogP contribution in [0.2, 0.25) is 0 Å². The zero-order valence-corrected chi connectivity index (χ0v) is 11.4. The van der Waals surface area contributed by atoms with Crippen molar-refractivity contribution in [3.63, 3.8) is 0 Å². The van der Waals surface area contributed by atoms with Crippen LogP contribution in [0, 0.1) is 0 Å². The number of aromatic nitrogens is 2. The first-order valence-electron chi connectivity index (χ1n) is 5.86. The second-order valence-corrected chi connectivity index (χ2v) is 4.63. The van der Waals surface area contributed by atoms with Crippen molar-refractivity contribution >= 4 is 11.5 Å². The normalized spacial score (nSPS) is 12.4. The molecule has 0 saturated carbocycles. The molecule has 2 N–H and O–H groups in total. The van der Waals surface area contributed by atoms with Crippen molar-refractivity contribution in [3.05, 3.63) is 34.8 Å². The molecule has 0 spiro atoms. The summed E-state index contributed by atoms with van der Waals surface area (Å²) in [5, 5.41) is 3.72. The number of alkyl halides is 2. The summed E-state index contributed by atoms with van der Waals surface area (Å²) in [5.74, 6) is 0.221. The topological polar surface area (TPSA) is 70.3 Å². The Morgan fingerprint density at radius 2 is 2.15 bits per heavy atom. The zero-order valence-electron chi connectivity index (χ0n) is 10.6. The zero-order chi connectivity index (χ0) is 14.5. The third kappa shape index (κ3) is 3.40. The van der Waals surface area contributed by atoms with Crippen LogP contribution in [0.3, 0.4) is 0 Å². The Balaban J connectivity index is 2.29. The van der Waals surface area contributed by atoms with Crippen molar-refractivity contribution in [2.75, 3.05) is 6.61 Å². The monoisotopic (exact) mass is 301 g/mol. The van der Waals surface area contributed by atoms with E-state index in [-0.39, 0.29) is 11.5 Å². The first-order valence-corrected chi connectivity index (χ1v) is 6.63. The van der Waals surface area contributed by atoms with E-state index in [1.165, 1.54) is 17.6 Å². The number of rotatable bonds is 6. The smallest absolute Gasteiger partial charge is 0.387 e. The third-order valence-corrected chi connectivity index (χ3v) is 3.27. The molecule has 0 aliphatic heterocycles. The highest BCUT2D eigenvalue weighted by molar-refractivity contribution is 7.05. The maximum absolute atomic E-state index is 12.3. The molecule has 0 aliphatic rings. The summed E-state index contributed by atoms with van der Waals surface area (Å²) in [7, 11) is 0. The van der Waals surface area contributed by atoms with Gasteiger partial charge in [0.05, 0.1) is 23.7 Å². The van der Waals surface area contributed by atoms with Crippen LogP contribution in [0.5, 0.6) is 11.5 Å². The van der Waals surface area contributed by atoms with Crippen LogP contribution >= 0.6 is 11.5 Å². The summed E-state index contributed by atoms with van der Waals surface area (Å²) >= 11 is 1.18. The Hall–Kier alpha value is -1.80. The van der Waals surface area contributed by atoms with E-state index in [1.807, 2.05) is 0 Å². The SMILES string of the molecule is CCOc1cc(C(N)c2cnns2)ccc1OC(F)F. The number of halogens is 2. The minimum absolute atomic E-state index is 0.0137. The number of ether oxygens (including phenoxy) is 2. The van der Waals surface area contributed by atoms with Gasteiger partial charge in [0.2, 0.25) is 0 Å². The molecule has 1 aromatic heterocycles. The summed E-state index contributed by atoms with van der Waals surface area (Å²) in [6.45, 7) is -0.814. The molecule has 1 atom stereocenters. The minimum atomic E-state index is -2.90. The van der Waals surface area contributed by atoms with E-state index >= 15 is 0 Å². The van der Waals surface area contributed by atoms with Crippen molar-refractivity contribution in [3.8, 4) is 11.5 Å². The lowest BCUT2D eigenvalue weighted by Crippen LogP contribution is -2.11. The summed E-state index contributed by atoms with van der Waals surface area (Å²) in [5.41, 5.74) is 6.77. The van der Waals surface area contributed by atoms with Gasteiger partial charge >= 0.3 is 6.61 Å². The van der Waals surface area contributed by atoms with Crippen LogP contribution in [0.4, 0.5) is 8.78 Å². The lowest BCUT2D eigenvalue weighted by atomic mass is 10.1. The van der Waals surface area contributed by atoms with Gasteiger partial charge in [-0.1, -0.05) is 10.6 Å². The lowest BCUT2D eigenvalue weighted by Gasteiger charge is -2.15. The predicted octanol–water partition coefficient (Wildman–Crippen LogP) is 2.59. The molecule has 108 valence electrons. The summed E-state index contributed by atoms with van der Waals surface area (Å²) in [4.78, 5) is 0.773. The van der Waals surface area contributed by atoms with E-state index in [0.29, 0.717) is 12.2 Å². The lowest BCUT2D eigenvalue weighted by molar-refractivity contribution is -0.0514. The Kier molecular flexibility index (Phi) is 4.80. The average Bonchev–Trinajstić information content (AvgIpc) is 2.93. The summed E-state index contributed by atoms with van der Waals surface area (Å²) < 4.78 is 38.1. The standard InChI is InChI=1S/C12H13F2N3O2S/c1-2-18-9-5-7(3-4-8(9)19-12(13)14)11(15)10-6-16-17-20-10/h3-6,11-12H,2,15H2,1H3. The van der Waals surface area contributed by atoms with E-state index in [9.17, 15) is 8.78 Å². The maximum atomic E-state index is 12.3. The van der Waals surface area contributed by atoms with E-state index < -0.39 is 12.7 Å². The van der Waals surface area contributed by atoms with Gasteiger partial charge in [-0.05, 0) is 36.2 Å². The fraction of sp³-hybridized carbons (Fsp3) is 0.333. The molecule has 2 rings (SSSR count). The van der Waals surface area contributed by atoms with Gasteiger partial charge in [0.25, 0.3) is 0 Å². The van der Waals surface area contributed by atoms with Crippen molar-refractivity contribution in [2.24, 2.45) is 5.73 Å². The van der Waals surface area contributed by atoms with Gasteiger partial charge < -0.3 is 15.2 Å². The molecule has 5 nitrogen and oxygen atoms in total. The molecule has 20 heavy (non-hydrogen) atoms. The highest BCUT2D eigenvalue weighted by Crippen LogP contribution is 2.33. The van der Waals surface area contributed by atoms with Crippen molar-refractivity contribution in [2.45, 2.75) is 19.6 Å². The van der Waals surface area contributed by atoms with E-state index in [0.717, 1.165) is 4.88 Å². The first-order chi connectivity index (χ1) is 9.61. The molecule has 1 unspecified atom stereocenters. The Morgan fingerprint density at radius 1 is 1.35 bits per heavy atom. The predicted molar refractivity (Wildman–Crippen MR) is 70.2 cm³/mol. The maximum Gasteiger partial charge on any atom is 0.387 e. The van der Waals surface area contributed by atoms with Gasteiger partial charge in [0, 0.05) is 0 Å². The van der Waals surface area contributed by atoms with E-state index in [1.54, 1.807) is 25.3 Å². The molecule has 0 aliphatic carbocycles. The molecule has 0 radical (unpaired) electrons. The summed E-state index contributed by atoms with van der Waals surface area (Å²) in [6, 6.07) is 4.19. The largest absolute Gasteiger partial charge is 0.490 e. The molecule has 0 fully saturated rings. The molecule has 8 heteroatoms. The Labute approximate surface area is 118 Å². The fourth-order valence-corrected chi connectivity index (χ4v) is 2.19. The van der Waals surface area contributed by atoms with Gasteiger partial charge in [0.1, 0.15) is 0 Å².